The molecule has 0 amide bonds. The third kappa shape index (κ3) is 4.38. The number of hydrogen-bond acceptors (Lipinski definition) is 2. The molecule has 0 atom stereocenters. The standard InChI is InChI=1S/C36H27N3/c1-3-11-26(12-4-1)25-37-22-21-27-24-34(38-33-17-9-7-15-30(27)33)28-19-20-36-32(23-28)31-16-8-10-18-35(31)39(36)29-13-5-2-6-14-29/h1-23H,24-25H2/b27-21+,37-22-. The predicted octanol–water partition coefficient (Wildman–Crippen LogP) is 8.96. The van der Waals surface area contributed by atoms with Gasteiger partial charge in [-0.2, -0.15) is 0 Å². The van der Waals surface area contributed by atoms with Crippen LogP contribution >= 0.6 is 0 Å². The minimum Gasteiger partial charge on any atom is -0.309 e. The van der Waals surface area contributed by atoms with Crippen molar-refractivity contribution in [3.63, 3.8) is 0 Å². The Labute approximate surface area is 228 Å². The van der Waals surface area contributed by atoms with Crippen LogP contribution in [-0.4, -0.2) is 16.5 Å². The fraction of sp³-hybridized carbons (Fsp3) is 0.0556. The van der Waals surface area contributed by atoms with Gasteiger partial charge in [-0.3, -0.25) is 9.98 Å². The Bertz CT molecular complexity index is 1890. The molecule has 39 heavy (non-hydrogen) atoms. The molecule has 1 aliphatic rings. The fourth-order valence-electron chi connectivity index (χ4n) is 5.51. The van der Waals surface area contributed by atoms with Gasteiger partial charge >= 0.3 is 0 Å². The topological polar surface area (TPSA) is 29.6 Å². The summed E-state index contributed by atoms with van der Waals surface area (Å²) in [7, 11) is 0. The molecule has 1 aliphatic heterocycles. The average Bonchev–Trinajstić information content (AvgIpc) is 3.34. The summed E-state index contributed by atoms with van der Waals surface area (Å²) in [5.41, 5.74) is 10.4. The predicted molar refractivity (Wildman–Crippen MR) is 165 cm³/mol. The molecule has 0 spiro atoms. The second-order valence-corrected chi connectivity index (χ2v) is 9.84. The first kappa shape index (κ1) is 23.1. The lowest BCUT2D eigenvalue weighted by molar-refractivity contribution is 1.08. The lowest BCUT2D eigenvalue weighted by atomic mass is 9.91. The molecule has 0 fully saturated rings. The Kier molecular flexibility index (Phi) is 5.95. The van der Waals surface area contributed by atoms with Crippen LogP contribution in [0.4, 0.5) is 5.69 Å². The molecule has 5 aromatic carbocycles. The van der Waals surface area contributed by atoms with Crippen molar-refractivity contribution in [2.24, 2.45) is 9.98 Å². The summed E-state index contributed by atoms with van der Waals surface area (Å²) in [6, 6.07) is 44.7. The van der Waals surface area contributed by atoms with E-state index in [9.17, 15) is 0 Å². The Morgan fingerprint density at radius 1 is 0.692 bits per heavy atom. The zero-order valence-electron chi connectivity index (χ0n) is 21.5. The van der Waals surface area contributed by atoms with Crippen molar-refractivity contribution in [2.75, 3.05) is 0 Å². The number of nitrogens with zero attached hydrogens (tertiary/aromatic N) is 3. The normalized spacial score (nSPS) is 14.3. The summed E-state index contributed by atoms with van der Waals surface area (Å²) >= 11 is 0. The maximum absolute atomic E-state index is 5.12. The number of rotatable bonds is 5. The Balaban J connectivity index is 1.29. The van der Waals surface area contributed by atoms with Gasteiger partial charge in [-0.25, -0.2) is 0 Å². The molecule has 7 rings (SSSR count). The highest BCUT2D eigenvalue weighted by Gasteiger charge is 2.19. The number of hydrogen-bond donors (Lipinski definition) is 0. The van der Waals surface area contributed by atoms with E-state index < -0.39 is 0 Å². The van der Waals surface area contributed by atoms with Gasteiger partial charge in [0, 0.05) is 34.7 Å². The van der Waals surface area contributed by atoms with Crippen LogP contribution in [0.3, 0.4) is 0 Å². The van der Waals surface area contributed by atoms with E-state index in [1.165, 1.54) is 44.2 Å². The summed E-state index contributed by atoms with van der Waals surface area (Å²) in [6.45, 7) is 0.676. The molecule has 0 saturated carbocycles. The van der Waals surface area contributed by atoms with E-state index >= 15 is 0 Å². The van der Waals surface area contributed by atoms with E-state index in [4.69, 9.17) is 4.99 Å². The van der Waals surface area contributed by atoms with Gasteiger partial charge in [-0.15, -0.1) is 0 Å². The van der Waals surface area contributed by atoms with Crippen LogP contribution in [0, 0.1) is 0 Å². The maximum atomic E-state index is 5.12. The third-order valence-electron chi connectivity index (χ3n) is 7.38. The first-order valence-electron chi connectivity index (χ1n) is 13.3. The molecule has 6 aromatic rings. The molecular formula is C36H27N3. The maximum Gasteiger partial charge on any atom is 0.0708 e. The summed E-state index contributed by atoms with van der Waals surface area (Å²) in [4.78, 5) is 9.79. The van der Waals surface area contributed by atoms with Gasteiger partial charge in [0.05, 0.1) is 29.0 Å². The number of aromatic nitrogens is 1. The number of fused-ring (bicyclic) bond motifs is 4. The van der Waals surface area contributed by atoms with E-state index in [2.05, 4.69) is 137 Å². The first-order valence-corrected chi connectivity index (χ1v) is 13.3. The van der Waals surface area contributed by atoms with E-state index in [1.54, 1.807) is 0 Å². The molecule has 2 heterocycles. The number of allylic oxidation sites excluding steroid dienone is 2. The van der Waals surface area contributed by atoms with Gasteiger partial charge in [0.25, 0.3) is 0 Å². The highest BCUT2D eigenvalue weighted by molar-refractivity contribution is 6.16. The van der Waals surface area contributed by atoms with E-state index in [0.717, 1.165) is 23.4 Å². The van der Waals surface area contributed by atoms with Gasteiger partial charge < -0.3 is 4.57 Å². The summed E-state index contributed by atoms with van der Waals surface area (Å²) < 4.78 is 2.35. The zero-order valence-corrected chi connectivity index (χ0v) is 21.5. The van der Waals surface area contributed by atoms with Crippen LogP contribution in [-0.2, 0) is 6.54 Å². The van der Waals surface area contributed by atoms with Crippen molar-refractivity contribution < 1.29 is 0 Å². The van der Waals surface area contributed by atoms with Gasteiger partial charge in [-0.1, -0.05) is 91.0 Å². The van der Waals surface area contributed by atoms with Crippen molar-refractivity contribution in [2.45, 2.75) is 13.0 Å². The molecule has 0 N–H and O–H groups in total. The number of para-hydroxylation sites is 3. The molecule has 3 nitrogen and oxygen atoms in total. The van der Waals surface area contributed by atoms with Crippen LogP contribution in [0.5, 0.6) is 0 Å². The molecule has 0 unspecified atom stereocenters. The Morgan fingerprint density at radius 2 is 1.41 bits per heavy atom. The van der Waals surface area contributed by atoms with Crippen LogP contribution in [0.15, 0.2) is 143 Å². The smallest absolute Gasteiger partial charge is 0.0708 e. The van der Waals surface area contributed by atoms with Crippen molar-refractivity contribution in [3.8, 4) is 5.69 Å². The van der Waals surface area contributed by atoms with E-state index in [1.807, 2.05) is 12.3 Å². The average molecular weight is 502 g/mol. The molecule has 1 aromatic heterocycles. The second-order valence-electron chi connectivity index (χ2n) is 9.84. The van der Waals surface area contributed by atoms with Gasteiger partial charge in [0.1, 0.15) is 0 Å². The van der Waals surface area contributed by atoms with Crippen LogP contribution < -0.4 is 0 Å². The highest BCUT2D eigenvalue weighted by Crippen LogP contribution is 2.37. The largest absolute Gasteiger partial charge is 0.309 e. The van der Waals surface area contributed by atoms with Crippen LogP contribution in [0.1, 0.15) is 23.1 Å². The number of aliphatic imine (C=N–C) groups is 2. The molecule has 0 radical (unpaired) electrons. The second kappa shape index (κ2) is 10.0. The molecule has 0 bridgehead atoms. The minimum absolute atomic E-state index is 0.676. The Morgan fingerprint density at radius 3 is 2.28 bits per heavy atom. The molecule has 0 saturated heterocycles. The van der Waals surface area contributed by atoms with Crippen molar-refractivity contribution >= 4 is 45.0 Å². The number of benzene rings is 5. The molecule has 0 aliphatic carbocycles. The lowest BCUT2D eigenvalue weighted by Crippen LogP contribution is -2.07. The summed E-state index contributed by atoms with van der Waals surface area (Å²) in [6.07, 6.45) is 4.85. The Hall–Kier alpha value is -5.02. The quantitative estimate of drug-likeness (QED) is 0.211. The van der Waals surface area contributed by atoms with Crippen molar-refractivity contribution in [3.05, 3.63) is 150 Å². The van der Waals surface area contributed by atoms with E-state index in [0.29, 0.717) is 6.54 Å². The summed E-state index contributed by atoms with van der Waals surface area (Å²) in [5.74, 6) is 0. The monoisotopic (exact) mass is 501 g/mol. The third-order valence-corrected chi connectivity index (χ3v) is 7.38. The zero-order chi connectivity index (χ0) is 26.0. The highest BCUT2D eigenvalue weighted by atomic mass is 15.0. The first-order chi connectivity index (χ1) is 19.3. The SMILES string of the molecule is C(/C=C1\CC(c2ccc3c(c2)c2ccccc2n3-c2ccccc2)=Nc2ccccc21)=N/Cc1ccccc1. The van der Waals surface area contributed by atoms with Gasteiger partial charge in [-0.05, 0) is 59.2 Å². The molecule has 3 heteroatoms. The van der Waals surface area contributed by atoms with Crippen LogP contribution in [0.2, 0.25) is 0 Å². The van der Waals surface area contributed by atoms with Crippen molar-refractivity contribution in [1.82, 2.24) is 4.57 Å². The molecular weight excluding hydrogens is 474 g/mol. The summed E-state index contributed by atoms with van der Waals surface area (Å²) in [5, 5.41) is 2.49. The lowest BCUT2D eigenvalue weighted by Gasteiger charge is -2.19. The van der Waals surface area contributed by atoms with Gasteiger partial charge in [0.2, 0.25) is 0 Å². The van der Waals surface area contributed by atoms with E-state index in [-0.39, 0.29) is 0 Å². The fourth-order valence-corrected chi connectivity index (χ4v) is 5.51. The molecule has 186 valence electrons. The van der Waals surface area contributed by atoms with Gasteiger partial charge in [0.15, 0.2) is 0 Å². The van der Waals surface area contributed by atoms with Crippen LogP contribution in [0.25, 0.3) is 33.1 Å². The minimum atomic E-state index is 0.676. The van der Waals surface area contributed by atoms with Crippen molar-refractivity contribution in [1.29, 1.82) is 0 Å².